The van der Waals surface area contributed by atoms with Gasteiger partial charge in [-0.3, -0.25) is 9.78 Å². The molecule has 0 unspecified atom stereocenters. The van der Waals surface area contributed by atoms with Crippen LogP contribution in [-0.2, 0) is 12.0 Å². The summed E-state index contributed by atoms with van der Waals surface area (Å²) in [6.45, 7) is 2.64. The second-order valence-electron chi connectivity index (χ2n) is 7.01. The van der Waals surface area contributed by atoms with Gasteiger partial charge in [0.1, 0.15) is 17.1 Å². The lowest BCUT2D eigenvalue weighted by atomic mass is 9.98. The zero-order valence-corrected chi connectivity index (χ0v) is 15.1. The van der Waals surface area contributed by atoms with Gasteiger partial charge in [-0.1, -0.05) is 12.1 Å². The molecule has 1 amide bonds. The second-order valence-corrected chi connectivity index (χ2v) is 7.01. The summed E-state index contributed by atoms with van der Waals surface area (Å²) >= 11 is 0. The molecule has 0 radical (unpaired) electrons. The van der Waals surface area contributed by atoms with Gasteiger partial charge in [-0.05, 0) is 49.6 Å². The first-order valence-corrected chi connectivity index (χ1v) is 8.98. The standard InChI is InChI=1S/C21H20FN3O2/c1-21(8-3-11-25(21)19(26)16-6-9-23-10-7-16)20-24-14-18(27-20)13-15-4-2-5-17(22)12-15/h2,4-7,9-10,12,14H,3,8,11,13H2,1H3/t21-/m0/s1. The molecule has 1 aliphatic rings. The van der Waals surface area contributed by atoms with Crippen molar-refractivity contribution in [3.63, 3.8) is 0 Å². The average Bonchev–Trinajstić information content (AvgIpc) is 3.30. The summed E-state index contributed by atoms with van der Waals surface area (Å²) in [5.41, 5.74) is 0.823. The minimum Gasteiger partial charge on any atom is -0.443 e. The van der Waals surface area contributed by atoms with Crippen LogP contribution in [0.5, 0.6) is 0 Å². The second kappa shape index (κ2) is 6.95. The van der Waals surface area contributed by atoms with Crippen molar-refractivity contribution in [2.75, 3.05) is 6.54 Å². The number of nitrogens with zero attached hydrogens (tertiary/aromatic N) is 3. The largest absolute Gasteiger partial charge is 0.443 e. The SMILES string of the molecule is C[C@@]1(c2ncc(Cc3cccc(F)c3)o2)CCCN1C(=O)c1ccncc1. The van der Waals surface area contributed by atoms with Gasteiger partial charge in [-0.15, -0.1) is 0 Å². The predicted molar refractivity (Wildman–Crippen MR) is 97.6 cm³/mol. The molecule has 1 saturated heterocycles. The molecule has 4 rings (SSSR count). The number of carbonyl (C=O) groups excluding carboxylic acids is 1. The smallest absolute Gasteiger partial charge is 0.254 e. The summed E-state index contributed by atoms with van der Waals surface area (Å²) in [4.78, 5) is 23.2. The number of pyridine rings is 1. The number of oxazole rings is 1. The van der Waals surface area contributed by atoms with E-state index < -0.39 is 5.54 Å². The lowest BCUT2D eigenvalue weighted by molar-refractivity contribution is 0.0563. The Morgan fingerprint density at radius 2 is 2.11 bits per heavy atom. The van der Waals surface area contributed by atoms with Crippen molar-refractivity contribution in [1.29, 1.82) is 0 Å². The normalized spacial score (nSPS) is 19.4. The van der Waals surface area contributed by atoms with E-state index >= 15 is 0 Å². The molecule has 5 nitrogen and oxygen atoms in total. The number of hydrogen-bond acceptors (Lipinski definition) is 4. The molecule has 1 aliphatic heterocycles. The molecular weight excluding hydrogens is 345 g/mol. The Balaban J connectivity index is 1.58. The highest BCUT2D eigenvalue weighted by molar-refractivity contribution is 5.94. The molecule has 2 aromatic heterocycles. The minimum atomic E-state index is -0.597. The van der Waals surface area contributed by atoms with Crippen molar-refractivity contribution in [1.82, 2.24) is 14.9 Å². The summed E-state index contributed by atoms with van der Waals surface area (Å²) in [5.74, 6) is 0.847. The Labute approximate surface area is 156 Å². The van der Waals surface area contributed by atoms with E-state index in [1.807, 2.05) is 17.9 Å². The van der Waals surface area contributed by atoms with E-state index in [2.05, 4.69) is 9.97 Å². The maximum atomic E-state index is 13.4. The van der Waals surface area contributed by atoms with Gasteiger partial charge in [0.25, 0.3) is 5.91 Å². The molecule has 6 heteroatoms. The zero-order chi connectivity index (χ0) is 18.9. The fourth-order valence-electron chi connectivity index (χ4n) is 3.65. The van der Waals surface area contributed by atoms with Crippen LogP contribution in [0.25, 0.3) is 0 Å². The van der Waals surface area contributed by atoms with Gasteiger partial charge in [0.2, 0.25) is 5.89 Å². The number of amides is 1. The first-order chi connectivity index (χ1) is 13.1. The van der Waals surface area contributed by atoms with E-state index in [-0.39, 0.29) is 11.7 Å². The number of likely N-dealkylation sites (tertiary alicyclic amines) is 1. The number of hydrogen-bond donors (Lipinski definition) is 0. The number of carbonyl (C=O) groups is 1. The van der Waals surface area contributed by atoms with Gasteiger partial charge in [-0.25, -0.2) is 9.37 Å². The van der Waals surface area contributed by atoms with Crippen molar-refractivity contribution >= 4 is 5.91 Å². The summed E-state index contributed by atoms with van der Waals surface area (Å²) in [5, 5.41) is 0. The van der Waals surface area contributed by atoms with E-state index in [4.69, 9.17) is 4.42 Å². The molecule has 1 atom stereocenters. The molecular formula is C21H20FN3O2. The Morgan fingerprint density at radius 1 is 1.30 bits per heavy atom. The molecule has 27 heavy (non-hydrogen) atoms. The third kappa shape index (κ3) is 3.35. The summed E-state index contributed by atoms with van der Waals surface area (Å²) in [6, 6.07) is 9.85. The molecule has 0 bridgehead atoms. The van der Waals surface area contributed by atoms with Crippen molar-refractivity contribution in [3.05, 3.63) is 83.6 Å². The molecule has 0 aliphatic carbocycles. The van der Waals surface area contributed by atoms with E-state index in [1.165, 1.54) is 12.1 Å². The van der Waals surface area contributed by atoms with Gasteiger partial charge in [0.15, 0.2) is 0 Å². The van der Waals surface area contributed by atoms with Crippen molar-refractivity contribution < 1.29 is 13.6 Å². The zero-order valence-electron chi connectivity index (χ0n) is 15.1. The van der Waals surface area contributed by atoms with E-state index in [0.717, 1.165) is 18.4 Å². The Kier molecular flexibility index (Phi) is 4.48. The summed E-state index contributed by atoms with van der Waals surface area (Å²) in [7, 11) is 0. The monoisotopic (exact) mass is 365 g/mol. The lowest BCUT2D eigenvalue weighted by Crippen LogP contribution is -2.43. The molecule has 138 valence electrons. The van der Waals surface area contributed by atoms with Crippen LogP contribution < -0.4 is 0 Å². The van der Waals surface area contributed by atoms with Crippen LogP contribution in [0.15, 0.2) is 59.4 Å². The number of halogens is 1. The lowest BCUT2D eigenvalue weighted by Gasteiger charge is -2.32. The number of rotatable bonds is 4. The number of aromatic nitrogens is 2. The van der Waals surface area contributed by atoms with E-state index in [0.29, 0.717) is 30.2 Å². The highest BCUT2D eigenvalue weighted by atomic mass is 19.1. The van der Waals surface area contributed by atoms with Crippen LogP contribution in [0, 0.1) is 5.82 Å². The Bertz CT molecular complexity index is 957. The Hall–Kier alpha value is -3.02. The minimum absolute atomic E-state index is 0.0534. The maximum Gasteiger partial charge on any atom is 0.254 e. The molecule has 0 saturated carbocycles. The first-order valence-electron chi connectivity index (χ1n) is 8.98. The fourth-order valence-corrected chi connectivity index (χ4v) is 3.65. The third-order valence-electron chi connectivity index (χ3n) is 5.10. The molecule has 1 fully saturated rings. The maximum absolute atomic E-state index is 13.4. The molecule has 1 aromatic carbocycles. The van der Waals surface area contributed by atoms with Crippen LogP contribution in [0.1, 0.15) is 47.3 Å². The quantitative estimate of drug-likeness (QED) is 0.702. The van der Waals surface area contributed by atoms with E-state index in [1.54, 1.807) is 36.8 Å². The highest BCUT2D eigenvalue weighted by Crippen LogP contribution is 2.39. The van der Waals surface area contributed by atoms with Crippen LogP contribution in [0.3, 0.4) is 0 Å². The molecule has 0 N–H and O–H groups in total. The molecule has 3 aromatic rings. The van der Waals surface area contributed by atoms with Crippen LogP contribution in [-0.4, -0.2) is 27.3 Å². The van der Waals surface area contributed by atoms with Crippen LogP contribution in [0.4, 0.5) is 4.39 Å². The van der Waals surface area contributed by atoms with Crippen molar-refractivity contribution in [2.24, 2.45) is 0 Å². The predicted octanol–water partition coefficient (Wildman–Crippen LogP) is 3.95. The van der Waals surface area contributed by atoms with Gasteiger partial charge >= 0.3 is 0 Å². The van der Waals surface area contributed by atoms with Crippen molar-refractivity contribution in [3.8, 4) is 0 Å². The average molecular weight is 365 g/mol. The molecule has 3 heterocycles. The van der Waals surface area contributed by atoms with E-state index in [9.17, 15) is 9.18 Å². The Morgan fingerprint density at radius 3 is 2.89 bits per heavy atom. The topological polar surface area (TPSA) is 59.2 Å². The van der Waals surface area contributed by atoms with Crippen LogP contribution in [0.2, 0.25) is 0 Å². The third-order valence-corrected chi connectivity index (χ3v) is 5.10. The fraction of sp³-hybridized carbons (Fsp3) is 0.286. The summed E-state index contributed by atoms with van der Waals surface area (Å²) in [6.07, 6.45) is 7.02. The summed E-state index contributed by atoms with van der Waals surface area (Å²) < 4.78 is 19.4. The highest BCUT2D eigenvalue weighted by Gasteiger charge is 2.45. The van der Waals surface area contributed by atoms with Gasteiger partial charge in [-0.2, -0.15) is 0 Å². The van der Waals surface area contributed by atoms with Crippen LogP contribution >= 0.6 is 0 Å². The van der Waals surface area contributed by atoms with Crippen molar-refractivity contribution in [2.45, 2.75) is 31.7 Å². The van der Waals surface area contributed by atoms with Gasteiger partial charge in [0.05, 0.1) is 6.20 Å². The molecule has 0 spiro atoms. The van der Waals surface area contributed by atoms with Gasteiger partial charge < -0.3 is 9.32 Å². The van der Waals surface area contributed by atoms with Gasteiger partial charge in [0, 0.05) is 30.9 Å². The number of benzene rings is 1. The first kappa shape index (κ1) is 17.4.